The van der Waals surface area contributed by atoms with Crippen LogP contribution in [0, 0.1) is 10.8 Å². The first kappa shape index (κ1) is 11.8. The summed E-state index contributed by atoms with van der Waals surface area (Å²) in [5.41, 5.74) is -1.45. The molecule has 0 spiro atoms. The summed E-state index contributed by atoms with van der Waals surface area (Å²) in [6.07, 6.45) is -4.95. The quantitative estimate of drug-likeness (QED) is 0.611. The van der Waals surface area contributed by atoms with Crippen LogP contribution in [0.1, 0.15) is 34.6 Å². The molecule has 0 aliphatic carbocycles. The van der Waals surface area contributed by atoms with Gasteiger partial charge < -0.3 is 0 Å². The minimum Gasteiger partial charge on any atom is -0.241 e. The molecule has 0 saturated carbocycles. The van der Waals surface area contributed by atoms with Crippen molar-refractivity contribution in [2.75, 3.05) is 0 Å². The summed E-state index contributed by atoms with van der Waals surface area (Å²) in [7, 11) is 0. The molecule has 1 atom stereocenters. The Labute approximate surface area is 72.2 Å². The zero-order chi connectivity index (χ0) is 10.2. The Kier molecular flexibility index (Phi) is 3.21. The summed E-state index contributed by atoms with van der Waals surface area (Å²) in [6, 6.07) is 0. The molecule has 1 unspecified atom stereocenters. The summed E-state index contributed by atoms with van der Waals surface area (Å²) in [5, 5.41) is 0. The first-order chi connectivity index (χ1) is 5.10. The average Bonchev–Trinajstić information content (AvgIpc) is 1.83. The fourth-order valence-electron chi connectivity index (χ4n) is 0.729. The molecule has 0 aliphatic heterocycles. The fourth-order valence-corrected chi connectivity index (χ4v) is 0.729. The van der Waals surface area contributed by atoms with Gasteiger partial charge in [0.1, 0.15) is 0 Å². The summed E-state index contributed by atoms with van der Waals surface area (Å²) >= 11 is 0. The standard InChI is InChI=1S/C9H17F3/c1-8(2,3)9(4,5)6(10)7(11)12/h6-7H,1-5H3. The third-order valence-electron chi connectivity index (χ3n) is 2.84. The molecule has 12 heavy (non-hydrogen) atoms. The highest BCUT2D eigenvalue weighted by Crippen LogP contribution is 2.43. The Balaban J connectivity index is 4.61. The third-order valence-corrected chi connectivity index (χ3v) is 2.84. The third kappa shape index (κ3) is 2.14. The van der Waals surface area contributed by atoms with Crippen LogP contribution < -0.4 is 0 Å². The van der Waals surface area contributed by atoms with Crippen LogP contribution in [0.2, 0.25) is 0 Å². The number of hydrogen-bond donors (Lipinski definition) is 0. The lowest BCUT2D eigenvalue weighted by atomic mass is 9.66. The summed E-state index contributed by atoms with van der Waals surface area (Å²) in [4.78, 5) is 0. The van der Waals surface area contributed by atoms with Gasteiger partial charge >= 0.3 is 0 Å². The Bertz CT molecular complexity index is 144. The predicted molar refractivity (Wildman–Crippen MR) is 44.1 cm³/mol. The molecule has 0 rings (SSSR count). The highest BCUT2D eigenvalue weighted by molar-refractivity contribution is 4.89. The summed E-state index contributed by atoms with van der Waals surface area (Å²) in [5.74, 6) is 0. The number of halogens is 3. The van der Waals surface area contributed by atoms with Crippen molar-refractivity contribution in [1.82, 2.24) is 0 Å². The van der Waals surface area contributed by atoms with E-state index in [4.69, 9.17) is 0 Å². The molecule has 0 heterocycles. The van der Waals surface area contributed by atoms with E-state index in [1.54, 1.807) is 20.8 Å². The molecule has 0 aromatic rings. The van der Waals surface area contributed by atoms with Gasteiger partial charge in [0.2, 0.25) is 0 Å². The van der Waals surface area contributed by atoms with Crippen LogP contribution in [0.5, 0.6) is 0 Å². The molecule has 0 aromatic carbocycles. The molecule has 0 radical (unpaired) electrons. The van der Waals surface area contributed by atoms with E-state index in [0.29, 0.717) is 0 Å². The van der Waals surface area contributed by atoms with E-state index in [9.17, 15) is 13.2 Å². The second kappa shape index (κ2) is 3.27. The van der Waals surface area contributed by atoms with Gasteiger partial charge in [0.05, 0.1) is 0 Å². The average molecular weight is 182 g/mol. The topological polar surface area (TPSA) is 0 Å². The highest BCUT2D eigenvalue weighted by Gasteiger charge is 2.44. The summed E-state index contributed by atoms with van der Waals surface area (Å²) < 4.78 is 37.2. The maximum Gasteiger partial charge on any atom is 0.269 e. The van der Waals surface area contributed by atoms with Crippen LogP contribution in [0.25, 0.3) is 0 Å². The molecule has 0 aliphatic rings. The monoisotopic (exact) mass is 182 g/mol. The van der Waals surface area contributed by atoms with Crippen molar-refractivity contribution >= 4 is 0 Å². The van der Waals surface area contributed by atoms with Gasteiger partial charge in [-0.2, -0.15) is 0 Å². The number of alkyl halides is 3. The lowest BCUT2D eigenvalue weighted by Gasteiger charge is -2.40. The van der Waals surface area contributed by atoms with Crippen molar-refractivity contribution in [2.24, 2.45) is 10.8 Å². The number of rotatable bonds is 2. The predicted octanol–water partition coefficient (Wildman–Crippen LogP) is 3.66. The smallest absolute Gasteiger partial charge is 0.241 e. The Morgan fingerprint density at radius 3 is 1.25 bits per heavy atom. The molecule has 0 N–H and O–H groups in total. The van der Waals surface area contributed by atoms with E-state index in [0.717, 1.165) is 0 Å². The SMILES string of the molecule is CC(C)(C)C(C)(C)C(F)C(F)F. The largest absolute Gasteiger partial charge is 0.269 e. The molecule has 0 saturated heterocycles. The lowest BCUT2D eigenvalue weighted by molar-refractivity contribution is -0.0650. The zero-order valence-corrected chi connectivity index (χ0v) is 8.29. The van der Waals surface area contributed by atoms with Gasteiger partial charge in [-0.05, 0) is 5.41 Å². The van der Waals surface area contributed by atoms with Crippen molar-refractivity contribution in [2.45, 2.75) is 47.2 Å². The van der Waals surface area contributed by atoms with E-state index in [-0.39, 0.29) is 0 Å². The molecular formula is C9H17F3. The van der Waals surface area contributed by atoms with E-state index in [2.05, 4.69) is 0 Å². The van der Waals surface area contributed by atoms with Gasteiger partial charge in [-0.15, -0.1) is 0 Å². The molecule has 74 valence electrons. The molecule has 0 amide bonds. The van der Waals surface area contributed by atoms with Crippen molar-refractivity contribution in [3.63, 3.8) is 0 Å². The Hall–Kier alpha value is -0.210. The first-order valence-electron chi connectivity index (χ1n) is 4.03. The van der Waals surface area contributed by atoms with Crippen molar-refractivity contribution < 1.29 is 13.2 Å². The summed E-state index contributed by atoms with van der Waals surface area (Å²) in [6.45, 7) is 8.36. The van der Waals surface area contributed by atoms with Crippen molar-refractivity contribution in [1.29, 1.82) is 0 Å². The van der Waals surface area contributed by atoms with Gasteiger partial charge in [-0.25, -0.2) is 13.2 Å². The fraction of sp³-hybridized carbons (Fsp3) is 1.00. The highest BCUT2D eigenvalue weighted by atomic mass is 19.3. The van der Waals surface area contributed by atoms with Crippen molar-refractivity contribution in [3.05, 3.63) is 0 Å². The van der Waals surface area contributed by atoms with Crippen molar-refractivity contribution in [3.8, 4) is 0 Å². The minimum absolute atomic E-state index is 0.456. The van der Waals surface area contributed by atoms with Gasteiger partial charge in [0.15, 0.2) is 6.17 Å². The maximum absolute atomic E-state index is 13.0. The second-order valence-corrected chi connectivity index (χ2v) is 4.71. The first-order valence-corrected chi connectivity index (χ1v) is 4.03. The minimum atomic E-state index is -2.89. The number of hydrogen-bond acceptors (Lipinski definition) is 0. The maximum atomic E-state index is 13.0. The normalized spacial score (nSPS) is 16.8. The van der Waals surface area contributed by atoms with Crippen LogP contribution in [0.3, 0.4) is 0 Å². The molecule has 0 fully saturated rings. The van der Waals surface area contributed by atoms with Crippen LogP contribution in [-0.2, 0) is 0 Å². The van der Waals surface area contributed by atoms with E-state index in [1.165, 1.54) is 13.8 Å². The van der Waals surface area contributed by atoms with E-state index < -0.39 is 23.4 Å². The van der Waals surface area contributed by atoms with Gasteiger partial charge in [-0.3, -0.25) is 0 Å². The zero-order valence-electron chi connectivity index (χ0n) is 8.29. The lowest BCUT2D eigenvalue weighted by Crippen LogP contribution is -2.42. The molecular weight excluding hydrogens is 165 g/mol. The van der Waals surface area contributed by atoms with Crippen LogP contribution in [-0.4, -0.2) is 12.6 Å². The molecule has 0 nitrogen and oxygen atoms in total. The Morgan fingerprint density at radius 2 is 1.17 bits per heavy atom. The Morgan fingerprint density at radius 1 is 0.833 bits per heavy atom. The van der Waals surface area contributed by atoms with Crippen LogP contribution in [0.15, 0.2) is 0 Å². The van der Waals surface area contributed by atoms with Crippen LogP contribution in [0.4, 0.5) is 13.2 Å². The van der Waals surface area contributed by atoms with Crippen LogP contribution >= 0.6 is 0 Å². The second-order valence-electron chi connectivity index (χ2n) is 4.71. The van der Waals surface area contributed by atoms with Gasteiger partial charge in [0.25, 0.3) is 6.43 Å². The molecule has 0 bridgehead atoms. The van der Waals surface area contributed by atoms with Gasteiger partial charge in [-0.1, -0.05) is 34.6 Å². The van der Waals surface area contributed by atoms with E-state index in [1.807, 2.05) is 0 Å². The van der Waals surface area contributed by atoms with E-state index >= 15 is 0 Å². The molecule has 3 heteroatoms. The molecule has 0 aromatic heterocycles. The van der Waals surface area contributed by atoms with Gasteiger partial charge in [0, 0.05) is 5.41 Å².